The molecule has 0 bridgehead atoms. The molecule has 0 aromatic heterocycles. The number of rotatable bonds is 11. The number of nitrogens with zero attached hydrogens (tertiary/aromatic N) is 4. The predicted molar refractivity (Wildman–Crippen MR) is 271 cm³/mol. The summed E-state index contributed by atoms with van der Waals surface area (Å²) in [6, 6.07) is 24.9. The van der Waals surface area contributed by atoms with Crippen LogP contribution in [0.1, 0.15) is 131 Å². The van der Waals surface area contributed by atoms with Crippen molar-refractivity contribution in [3.8, 4) is 0 Å². The molecule has 9 heteroatoms. The van der Waals surface area contributed by atoms with Gasteiger partial charge in [-0.15, -0.1) is 0 Å². The van der Waals surface area contributed by atoms with Gasteiger partial charge in [0.05, 0.1) is 17.6 Å². The van der Waals surface area contributed by atoms with Gasteiger partial charge in [-0.1, -0.05) is 102 Å². The van der Waals surface area contributed by atoms with Crippen molar-refractivity contribution >= 4 is 26.5 Å². The Morgan fingerprint density at radius 3 is 1.07 bits per heavy atom. The number of benzene rings is 2. The summed E-state index contributed by atoms with van der Waals surface area (Å²) in [4.78, 5) is 9.44. The summed E-state index contributed by atoms with van der Waals surface area (Å²) in [7, 11) is 17.3. The molecular formula is C52H99Fe2N4NpP2+. The summed E-state index contributed by atoms with van der Waals surface area (Å²) in [6.45, 7) is 16.5. The summed E-state index contributed by atoms with van der Waals surface area (Å²) in [6.07, 6.45) is 21.8. The SMILES string of the molecule is C.CP(C)c1ccccc1.C[C@H](C1CCCC1)N(C)C.C[C@H](C1CCCC1)N(C)C.C[C@H](C1CCCC1)N(C)C.C[C@H](C1CCCC1[PH+](C)c1ccccc1)N(C)C.[Fe].[Fe].[Np]. The van der Waals surface area contributed by atoms with Crippen molar-refractivity contribution in [3.63, 3.8) is 0 Å². The molecule has 1 radical (unpaired) electrons. The van der Waals surface area contributed by atoms with Crippen molar-refractivity contribution < 1.29 is 64.1 Å². The normalized spacial score (nSPS) is 21.4. The van der Waals surface area contributed by atoms with Crippen molar-refractivity contribution in [3.05, 3.63) is 60.7 Å². The molecule has 4 aliphatic rings. The van der Waals surface area contributed by atoms with Crippen LogP contribution in [0.3, 0.4) is 0 Å². The second-order valence-corrected chi connectivity index (χ2v) is 24.4. The van der Waals surface area contributed by atoms with E-state index in [-0.39, 0.29) is 79.4 Å². The Morgan fingerprint density at radius 1 is 0.475 bits per heavy atom. The van der Waals surface area contributed by atoms with Gasteiger partial charge in [-0.3, -0.25) is 0 Å². The van der Waals surface area contributed by atoms with Gasteiger partial charge in [-0.2, -0.15) is 0 Å². The van der Waals surface area contributed by atoms with E-state index >= 15 is 0 Å². The Bertz CT molecular complexity index is 1190. The van der Waals surface area contributed by atoms with E-state index in [2.05, 4.69) is 184 Å². The molecule has 2 aromatic rings. The second kappa shape index (κ2) is 37.2. The fourth-order valence-electron chi connectivity index (χ4n) is 9.71. The zero-order valence-corrected chi connectivity index (χ0v) is 49.3. The van der Waals surface area contributed by atoms with Gasteiger partial charge in [0.1, 0.15) is 0 Å². The summed E-state index contributed by atoms with van der Waals surface area (Å²) >= 11 is 0. The summed E-state index contributed by atoms with van der Waals surface area (Å²) in [5.41, 5.74) is 0.954. The van der Waals surface area contributed by atoms with Crippen LogP contribution in [0.15, 0.2) is 60.7 Å². The van der Waals surface area contributed by atoms with Crippen LogP contribution in [0.2, 0.25) is 0 Å². The molecule has 0 spiro atoms. The largest absolute Gasteiger partial charge is 0.306 e. The van der Waals surface area contributed by atoms with E-state index in [0.717, 1.165) is 53.5 Å². The van der Waals surface area contributed by atoms with Crippen LogP contribution in [0.4, 0.5) is 0 Å². The molecular weight excluding hydrogens is 1090 g/mol. The van der Waals surface area contributed by atoms with Crippen molar-refractivity contribution in [2.45, 2.75) is 161 Å². The Kier molecular flexibility index (Phi) is 40.5. The molecule has 0 aliphatic heterocycles. The average molecular weight is 1190 g/mol. The molecule has 2 aromatic carbocycles. The van der Waals surface area contributed by atoms with Gasteiger partial charge in [0.25, 0.3) is 0 Å². The van der Waals surface area contributed by atoms with E-state index in [4.69, 9.17) is 0 Å². The first-order valence-corrected chi connectivity index (χ1v) is 27.6. The van der Waals surface area contributed by atoms with Gasteiger partial charge in [0.15, 0.2) is 0 Å². The van der Waals surface area contributed by atoms with Gasteiger partial charge in [-0.05, 0) is 190 Å². The maximum absolute atomic E-state index is 2.52. The van der Waals surface area contributed by atoms with Crippen molar-refractivity contribution in [2.75, 3.05) is 76.4 Å². The van der Waals surface area contributed by atoms with Gasteiger partial charge in [0, 0.05) is 102 Å². The first kappa shape index (κ1) is 66.5. The molecule has 61 heavy (non-hydrogen) atoms. The average Bonchev–Trinajstić information content (AvgIpc) is 4.06. The predicted octanol–water partition coefficient (Wildman–Crippen LogP) is 12.3. The van der Waals surface area contributed by atoms with E-state index < -0.39 is 7.92 Å². The fraction of sp³-hybridized carbons (Fsp3) is 0.769. The minimum atomic E-state index is -0.397. The smallest absolute Gasteiger partial charge is 0.0914 e. The van der Waals surface area contributed by atoms with Gasteiger partial charge in [-0.25, -0.2) is 0 Å². The van der Waals surface area contributed by atoms with Crippen LogP contribution in [0, 0.1) is 53.6 Å². The topological polar surface area (TPSA) is 13.0 Å². The number of hydrogen-bond acceptors (Lipinski definition) is 4. The first-order chi connectivity index (χ1) is 27.1. The van der Waals surface area contributed by atoms with Crippen molar-refractivity contribution in [1.29, 1.82) is 0 Å². The molecule has 357 valence electrons. The van der Waals surface area contributed by atoms with Crippen LogP contribution < -0.4 is 10.6 Å². The third-order valence-electron chi connectivity index (χ3n) is 14.8. The standard InChI is InChI=1S/C16H26NP.3C9H19N.C8H11P.CH4.2Fe.Np/c1-13(17(2)3)15-11-8-12-16(15)18(4)14-9-6-5-7-10-14;3*1-8(10(2)3)9-6-4-5-7-9;1-9(2)8-6-4-3-5-7-8;;;;/h5-7,9-10,13,15-16H,8,11-12H2,1-4H3;3*8-9H,4-7H2,1-3H3;3-7H,1-2H3;1H4;;;/p+1/t13-,15?,16?,18?;3*8-;;;;;/m1111...../s1. The minimum Gasteiger partial charge on any atom is -0.306 e. The monoisotopic (exact) mass is 1190 g/mol. The van der Waals surface area contributed by atoms with Gasteiger partial charge < -0.3 is 19.6 Å². The van der Waals surface area contributed by atoms with Crippen LogP contribution in [0.5, 0.6) is 0 Å². The molecule has 0 saturated heterocycles. The summed E-state index contributed by atoms with van der Waals surface area (Å²) in [5, 5.41) is 3.10. The Morgan fingerprint density at radius 2 is 0.787 bits per heavy atom. The first-order valence-electron chi connectivity index (χ1n) is 23.3. The zero-order chi connectivity index (χ0) is 42.5. The van der Waals surface area contributed by atoms with Crippen molar-refractivity contribution in [1.82, 2.24) is 19.6 Å². The van der Waals surface area contributed by atoms with E-state index in [0.29, 0.717) is 0 Å². The number of hydrogen-bond donors (Lipinski definition) is 0. The fourth-order valence-corrected chi connectivity index (χ4v) is 13.4. The molecule has 4 fully saturated rings. The quantitative estimate of drug-likeness (QED) is 0.164. The Labute approximate surface area is 428 Å². The molecule has 0 N–H and O–H groups in total. The third kappa shape index (κ3) is 25.2. The van der Waals surface area contributed by atoms with E-state index in [1.807, 2.05) is 0 Å². The summed E-state index contributed by atoms with van der Waals surface area (Å²) < 4.78 is 0. The van der Waals surface area contributed by atoms with E-state index in [1.165, 1.54) is 102 Å². The second-order valence-electron chi connectivity index (χ2n) is 19.4. The van der Waals surface area contributed by atoms with Crippen LogP contribution in [0.25, 0.3) is 0 Å². The molecule has 4 saturated carbocycles. The van der Waals surface area contributed by atoms with Crippen LogP contribution in [-0.2, 0) is 34.1 Å². The Balaban J connectivity index is -0.000000698. The van der Waals surface area contributed by atoms with E-state index in [9.17, 15) is 0 Å². The van der Waals surface area contributed by atoms with Crippen LogP contribution >= 0.6 is 15.8 Å². The van der Waals surface area contributed by atoms with Gasteiger partial charge in [0.2, 0.25) is 0 Å². The van der Waals surface area contributed by atoms with Crippen LogP contribution in [-0.4, -0.2) is 126 Å². The minimum absolute atomic E-state index is 0. The maximum Gasteiger partial charge on any atom is 0.0914 e. The van der Waals surface area contributed by atoms with Crippen molar-refractivity contribution in [2.24, 2.45) is 23.7 Å². The molecule has 3 unspecified atom stereocenters. The molecule has 4 aliphatic carbocycles. The summed E-state index contributed by atoms with van der Waals surface area (Å²) in [5.74, 6) is 3.85. The molecule has 7 atom stereocenters. The molecule has 0 amide bonds. The molecule has 0 heterocycles. The Hall–Kier alpha value is 1.19. The maximum atomic E-state index is 2.52. The zero-order valence-electron chi connectivity index (χ0n) is 41.5. The molecule has 4 nitrogen and oxygen atoms in total. The van der Waals surface area contributed by atoms with E-state index in [1.54, 1.807) is 5.30 Å². The third-order valence-corrected chi connectivity index (χ3v) is 19.2. The molecule has 6 rings (SSSR count). The van der Waals surface area contributed by atoms with Gasteiger partial charge >= 0.3 is 0 Å².